The third-order valence-electron chi connectivity index (χ3n) is 3.80. The second kappa shape index (κ2) is 13.3. The highest BCUT2D eigenvalue weighted by atomic mass is 32.2. The van der Waals surface area contributed by atoms with Gasteiger partial charge in [-0.3, -0.25) is 14.4 Å². The van der Waals surface area contributed by atoms with Crippen LogP contribution in [0.3, 0.4) is 0 Å². The largest absolute Gasteiger partial charge is 0.480 e. The van der Waals surface area contributed by atoms with Crippen molar-refractivity contribution in [1.29, 1.82) is 0 Å². The van der Waals surface area contributed by atoms with Gasteiger partial charge in [-0.1, -0.05) is 13.8 Å². The van der Waals surface area contributed by atoms with Gasteiger partial charge in [0.05, 0.1) is 18.7 Å². The summed E-state index contributed by atoms with van der Waals surface area (Å²) >= 11 is 1.53. The summed E-state index contributed by atoms with van der Waals surface area (Å²) in [7, 11) is 0. The molecule has 0 aliphatic heterocycles. The topological polar surface area (TPSA) is 171 Å². The van der Waals surface area contributed by atoms with Crippen LogP contribution in [0.2, 0.25) is 0 Å². The minimum atomic E-state index is -1.29. The molecule has 0 saturated heterocycles. The highest BCUT2D eigenvalue weighted by molar-refractivity contribution is 7.98. The van der Waals surface area contributed by atoms with Gasteiger partial charge in [0.2, 0.25) is 17.7 Å². The van der Waals surface area contributed by atoms with Gasteiger partial charge in [-0.05, 0) is 37.7 Å². The van der Waals surface area contributed by atoms with Crippen molar-refractivity contribution >= 4 is 35.5 Å². The predicted molar refractivity (Wildman–Crippen MR) is 107 cm³/mol. The van der Waals surface area contributed by atoms with Crippen LogP contribution in [0, 0.1) is 5.92 Å². The van der Waals surface area contributed by atoms with Gasteiger partial charge in [0.15, 0.2) is 0 Å². The molecule has 0 saturated carbocycles. The number of carboxylic acid groups (broad SMARTS) is 1. The van der Waals surface area contributed by atoms with E-state index in [0.717, 1.165) is 0 Å². The summed E-state index contributed by atoms with van der Waals surface area (Å²) in [5.41, 5.74) is 5.74. The van der Waals surface area contributed by atoms with E-state index in [2.05, 4.69) is 16.0 Å². The Morgan fingerprint density at radius 1 is 1.07 bits per heavy atom. The van der Waals surface area contributed by atoms with Gasteiger partial charge in [-0.15, -0.1) is 0 Å². The Morgan fingerprint density at radius 2 is 1.68 bits per heavy atom. The van der Waals surface area contributed by atoms with E-state index in [1.165, 1.54) is 18.7 Å². The van der Waals surface area contributed by atoms with E-state index in [1.807, 2.05) is 20.1 Å². The number of amides is 3. The summed E-state index contributed by atoms with van der Waals surface area (Å²) in [6.45, 7) is 4.48. The second-order valence-corrected chi connectivity index (χ2v) is 7.91. The molecule has 28 heavy (non-hydrogen) atoms. The molecule has 0 rings (SSSR count). The first-order valence-electron chi connectivity index (χ1n) is 9.02. The molecule has 0 spiro atoms. The summed E-state index contributed by atoms with van der Waals surface area (Å²) in [5, 5.41) is 25.9. The van der Waals surface area contributed by atoms with Crippen molar-refractivity contribution in [2.24, 2.45) is 11.7 Å². The Kier molecular flexibility index (Phi) is 12.5. The van der Waals surface area contributed by atoms with Crippen molar-refractivity contribution in [2.45, 2.75) is 57.8 Å². The van der Waals surface area contributed by atoms with Crippen molar-refractivity contribution in [2.75, 3.05) is 18.6 Å². The van der Waals surface area contributed by atoms with Crippen LogP contribution in [0.15, 0.2) is 0 Å². The Bertz CT molecular complexity index is 544. The summed E-state index contributed by atoms with van der Waals surface area (Å²) in [5.74, 6) is -2.48. The van der Waals surface area contributed by atoms with Crippen LogP contribution in [0.5, 0.6) is 0 Å². The fraction of sp³-hybridized carbons (Fsp3) is 0.765. The number of rotatable bonds is 13. The van der Waals surface area contributed by atoms with Gasteiger partial charge < -0.3 is 31.9 Å². The molecule has 4 unspecified atom stereocenters. The van der Waals surface area contributed by atoms with Crippen LogP contribution < -0.4 is 21.7 Å². The normalized spacial score (nSPS) is 15.2. The Balaban J connectivity index is 4.70. The number of carbonyl (C=O) groups excluding carboxylic acids is 3. The zero-order chi connectivity index (χ0) is 21.9. The number of aliphatic hydroxyl groups is 1. The van der Waals surface area contributed by atoms with E-state index in [1.54, 1.807) is 0 Å². The Morgan fingerprint density at radius 3 is 2.14 bits per heavy atom. The molecule has 0 radical (unpaired) electrons. The van der Waals surface area contributed by atoms with Crippen molar-refractivity contribution in [3.8, 4) is 0 Å². The van der Waals surface area contributed by atoms with Crippen molar-refractivity contribution < 1.29 is 29.4 Å². The number of nitrogens with one attached hydrogen (secondary N) is 3. The van der Waals surface area contributed by atoms with Crippen molar-refractivity contribution in [3.63, 3.8) is 0 Å². The molecule has 162 valence electrons. The van der Waals surface area contributed by atoms with Crippen LogP contribution >= 0.6 is 11.8 Å². The van der Waals surface area contributed by atoms with Crippen LogP contribution in [0.25, 0.3) is 0 Å². The molecule has 0 aromatic rings. The van der Waals surface area contributed by atoms with Gasteiger partial charge in [0.1, 0.15) is 12.1 Å². The molecule has 0 fully saturated rings. The van der Waals surface area contributed by atoms with Gasteiger partial charge in [0.25, 0.3) is 0 Å². The number of carbonyl (C=O) groups is 4. The fourth-order valence-corrected chi connectivity index (χ4v) is 2.75. The smallest absolute Gasteiger partial charge is 0.326 e. The zero-order valence-electron chi connectivity index (χ0n) is 16.7. The molecule has 10 nitrogen and oxygen atoms in total. The van der Waals surface area contributed by atoms with E-state index in [-0.39, 0.29) is 12.3 Å². The molecule has 0 aliphatic carbocycles. The molecule has 3 amide bonds. The molecule has 11 heteroatoms. The van der Waals surface area contributed by atoms with E-state index < -0.39 is 54.5 Å². The van der Waals surface area contributed by atoms with Gasteiger partial charge in [-0.2, -0.15) is 11.8 Å². The molecule has 0 aromatic carbocycles. The number of nitrogens with two attached hydrogens (primary N) is 1. The van der Waals surface area contributed by atoms with E-state index >= 15 is 0 Å². The standard InChI is InChI=1S/C17H32N4O6S/c1-9(2)7-12(17(26)27)20-13(23)8-19-16(25)14(10(3)22)21-15(24)11(18)5-6-28-4/h9-12,14,22H,5-8,18H2,1-4H3,(H,19,25)(H,20,23)(H,21,24)(H,26,27). The van der Waals surface area contributed by atoms with Gasteiger partial charge in [0, 0.05) is 0 Å². The van der Waals surface area contributed by atoms with Gasteiger partial charge in [-0.25, -0.2) is 4.79 Å². The minimum absolute atomic E-state index is 0.0566. The van der Waals surface area contributed by atoms with Gasteiger partial charge >= 0.3 is 5.97 Å². The molecule has 0 heterocycles. The van der Waals surface area contributed by atoms with E-state index in [4.69, 9.17) is 10.8 Å². The Labute approximate surface area is 169 Å². The first-order chi connectivity index (χ1) is 13.0. The second-order valence-electron chi connectivity index (χ2n) is 6.92. The Hall–Kier alpha value is -1.85. The maximum Gasteiger partial charge on any atom is 0.326 e. The molecular formula is C17H32N4O6S. The quantitative estimate of drug-likeness (QED) is 0.213. The SMILES string of the molecule is CSCCC(N)C(=O)NC(C(=O)NCC(=O)NC(CC(C)C)C(=O)O)C(C)O. The van der Waals surface area contributed by atoms with Crippen LogP contribution in [0.4, 0.5) is 0 Å². The monoisotopic (exact) mass is 420 g/mol. The lowest BCUT2D eigenvalue weighted by molar-refractivity contribution is -0.142. The molecule has 0 aromatic heterocycles. The van der Waals surface area contributed by atoms with Crippen LogP contribution in [-0.4, -0.2) is 76.7 Å². The summed E-state index contributed by atoms with van der Waals surface area (Å²) in [4.78, 5) is 47.4. The van der Waals surface area contributed by atoms with Crippen LogP contribution in [0.1, 0.15) is 33.6 Å². The number of aliphatic carboxylic acids is 1. The maximum atomic E-state index is 12.2. The lowest BCUT2D eigenvalue weighted by Crippen LogP contribution is -2.57. The highest BCUT2D eigenvalue weighted by Crippen LogP contribution is 2.05. The third-order valence-corrected chi connectivity index (χ3v) is 4.44. The number of thioether (sulfide) groups is 1. The number of carboxylic acids is 1. The average molecular weight is 421 g/mol. The van der Waals surface area contributed by atoms with E-state index in [9.17, 15) is 24.3 Å². The fourth-order valence-electron chi connectivity index (χ4n) is 2.26. The summed E-state index contributed by atoms with van der Waals surface area (Å²) in [6, 6.07) is -3.17. The van der Waals surface area contributed by atoms with E-state index in [0.29, 0.717) is 12.2 Å². The number of hydrogen-bond acceptors (Lipinski definition) is 7. The first kappa shape index (κ1) is 26.1. The zero-order valence-corrected chi connectivity index (χ0v) is 17.5. The van der Waals surface area contributed by atoms with Crippen molar-refractivity contribution in [1.82, 2.24) is 16.0 Å². The maximum absolute atomic E-state index is 12.2. The highest BCUT2D eigenvalue weighted by Gasteiger charge is 2.28. The number of aliphatic hydroxyl groups excluding tert-OH is 1. The molecule has 0 aliphatic rings. The first-order valence-corrected chi connectivity index (χ1v) is 10.4. The van der Waals surface area contributed by atoms with Crippen LogP contribution in [-0.2, 0) is 19.2 Å². The summed E-state index contributed by atoms with van der Waals surface area (Å²) in [6.07, 6.45) is 1.32. The molecule has 4 atom stereocenters. The lowest BCUT2D eigenvalue weighted by Gasteiger charge is -2.23. The summed E-state index contributed by atoms with van der Waals surface area (Å²) < 4.78 is 0. The van der Waals surface area contributed by atoms with Crippen molar-refractivity contribution in [3.05, 3.63) is 0 Å². The molecule has 0 bridgehead atoms. The molecule has 7 N–H and O–H groups in total. The molecular weight excluding hydrogens is 388 g/mol. The minimum Gasteiger partial charge on any atom is -0.480 e. The lowest BCUT2D eigenvalue weighted by atomic mass is 10.0. The predicted octanol–water partition coefficient (Wildman–Crippen LogP) is -1.34. The third kappa shape index (κ3) is 10.5. The average Bonchev–Trinajstić information content (AvgIpc) is 2.60. The number of hydrogen-bond donors (Lipinski definition) is 6.